The standard InChI is InChI=1S/C20H29ClO3S/c21-17-12-18(22)16(10-8-13-4-1-2-5-13)15(17)7-3-6-14-9-11-19(25-14)20(23)24/h9,11,13,15-18,22H,1-8,10,12H2,(H,23,24)/t15-,16-,17-,18-/m1/s1. The number of carboxylic acid groups (broad SMARTS) is 1. The van der Waals surface area contributed by atoms with Crippen LogP contribution in [0.1, 0.15) is 72.3 Å². The van der Waals surface area contributed by atoms with Crippen LogP contribution in [0.25, 0.3) is 0 Å². The lowest BCUT2D eigenvalue weighted by Gasteiger charge is -2.24. The normalized spacial score (nSPS) is 30.2. The summed E-state index contributed by atoms with van der Waals surface area (Å²) in [7, 11) is 0. The van der Waals surface area contributed by atoms with Gasteiger partial charge in [-0.15, -0.1) is 22.9 Å². The Kier molecular flexibility index (Phi) is 6.81. The molecule has 0 aliphatic heterocycles. The summed E-state index contributed by atoms with van der Waals surface area (Å²) >= 11 is 7.93. The molecule has 0 radical (unpaired) electrons. The first-order valence-corrected chi connectivity index (χ1v) is 10.9. The van der Waals surface area contributed by atoms with Crippen LogP contribution in [0.15, 0.2) is 12.1 Å². The average molecular weight is 385 g/mol. The van der Waals surface area contributed by atoms with E-state index in [0.29, 0.717) is 16.7 Å². The van der Waals surface area contributed by atoms with Crippen molar-refractivity contribution in [2.24, 2.45) is 17.8 Å². The van der Waals surface area contributed by atoms with Crippen molar-refractivity contribution in [2.75, 3.05) is 0 Å². The minimum atomic E-state index is -0.844. The van der Waals surface area contributed by atoms with Gasteiger partial charge in [0.15, 0.2) is 0 Å². The monoisotopic (exact) mass is 384 g/mol. The molecule has 3 nitrogen and oxygen atoms in total. The van der Waals surface area contributed by atoms with E-state index in [1.54, 1.807) is 6.07 Å². The van der Waals surface area contributed by atoms with Crippen LogP contribution < -0.4 is 0 Å². The summed E-state index contributed by atoms with van der Waals surface area (Å²) < 4.78 is 0. The fourth-order valence-corrected chi connectivity index (χ4v) is 6.19. The average Bonchev–Trinajstić information content (AvgIpc) is 3.28. The number of hydrogen-bond donors (Lipinski definition) is 2. The number of alkyl halides is 1. The van der Waals surface area contributed by atoms with Crippen LogP contribution in [-0.4, -0.2) is 27.7 Å². The predicted molar refractivity (Wildman–Crippen MR) is 103 cm³/mol. The van der Waals surface area contributed by atoms with Crippen LogP contribution in [-0.2, 0) is 6.42 Å². The Hall–Kier alpha value is -0.580. The van der Waals surface area contributed by atoms with Crippen molar-refractivity contribution in [3.8, 4) is 0 Å². The van der Waals surface area contributed by atoms with Crippen LogP contribution in [0.4, 0.5) is 0 Å². The van der Waals surface area contributed by atoms with Crippen molar-refractivity contribution < 1.29 is 15.0 Å². The van der Waals surface area contributed by atoms with Gasteiger partial charge in [-0.05, 0) is 62.0 Å². The number of hydrogen-bond acceptors (Lipinski definition) is 3. The first-order chi connectivity index (χ1) is 12.0. The van der Waals surface area contributed by atoms with Gasteiger partial charge in [0.1, 0.15) is 4.88 Å². The molecule has 2 saturated carbocycles. The molecule has 1 aromatic heterocycles. The molecule has 2 aliphatic rings. The molecular weight excluding hydrogens is 356 g/mol. The molecule has 0 aromatic carbocycles. The fraction of sp³-hybridized carbons (Fsp3) is 0.750. The van der Waals surface area contributed by atoms with E-state index in [-0.39, 0.29) is 11.5 Å². The Morgan fingerprint density at radius 3 is 2.60 bits per heavy atom. The second-order valence-electron chi connectivity index (χ2n) is 7.84. The highest BCUT2D eigenvalue weighted by Gasteiger charge is 2.40. The molecule has 1 heterocycles. The molecule has 140 valence electrons. The number of rotatable bonds is 8. The van der Waals surface area contributed by atoms with Gasteiger partial charge >= 0.3 is 5.97 Å². The number of aliphatic hydroxyl groups is 1. The topological polar surface area (TPSA) is 57.5 Å². The number of carboxylic acids is 1. The van der Waals surface area contributed by atoms with E-state index in [9.17, 15) is 9.90 Å². The zero-order valence-electron chi connectivity index (χ0n) is 14.7. The van der Waals surface area contributed by atoms with E-state index in [2.05, 4.69) is 0 Å². The Morgan fingerprint density at radius 1 is 1.16 bits per heavy atom. The lowest BCUT2D eigenvalue weighted by molar-refractivity contribution is 0.0702. The Labute approximate surface area is 159 Å². The van der Waals surface area contributed by atoms with Gasteiger partial charge in [0.2, 0.25) is 0 Å². The van der Waals surface area contributed by atoms with Gasteiger partial charge in [0.05, 0.1) is 6.10 Å². The lowest BCUT2D eigenvalue weighted by Crippen LogP contribution is -2.21. The molecule has 0 bridgehead atoms. The van der Waals surface area contributed by atoms with E-state index < -0.39 is 5.97 Å². The lowest BCUT2D eigenvalue weighted by atomic mass is 9.84. The maximum atomic E-state index is 11.0. The predicted octanol–water partition coefficient (Wildman–Crippen LogP) is 5.34. The number of carbonyl (C=O) groups is 1. The summed E-state index contributed by atoms with van der Waals surface area (Å²) in [6.45, 7) is 0. The molecule has 2 N–H and O–H groups in total. The van der Waals surface area contributed by atoms with Crippen molar-refractivity contribution in [1.29, 1.82) is 0 Å². The summed E-state index contributed by atoms with van der Waals surface area (Å²) in [5.74, 6) is 0.767. The van der Waals surface area contributed by atoms with Crippen molar-refractivity contribution in [3.63, 3.8) is 0 Å². The minimum Gasteiger partial charge on any atom is -0.477 e. The Morgan fingerprint density at radius 2 is 1.92 bits per heavy atom. The third kappa shape index (κ3) is 4.99. The van der Waals surface area contributed by atoms with Crippen LogP contribution in [0.5, 0.6) is 0 Å². The quantitative estimate of drug-likeness (QED) is 0.594. The van der Waals surface area contributed by atoms with Crippen LogP contribution in [0.3, 0.4) is 0 Å². The van der Waals surface area contributed by atoms with E-state index in [4.69, 9.17) is 16.7 Å². The minimum absolute atomic E-state index is 0.0847. The molecule has 0 amide bonds. The van der Waals surface area contributed by atoms with Gasteiger partial charge < -0.3 is 10.2 Å². The molecule has 3 rings (SSSR count). The van der Waals surface area contributed by atoms with Gasteiger partial charge in [0.25, 0.3) is 0 Å². The third-order valence-corrected chi connectivity index (χ3v) is 7.83. The highest BCUT2D eigenvalue weighted by molar-refractivity contribution is 7.13. The summed E-state index contributed by atoms with van der Waals surface area (Å²) in [6.07, 6.45) is 11.3. The number of aryl methyl sites for hydroxylation is 1. The summed E-state index contributed by atoms with van der Waals surface area (Å²) in [4.78, 5) is 12.5. The van der Waals surface area contributed by atoms with E-state index in [1.807, 2.05) is 6.07 Å². The van der Waals surface area contributed by atoms with Gasteiger partial charge in [-0.1, -0.05) is 32.1 Å². The zero-order valence-corrected chi connectivity index (χ0v) is 16.3. The van der Waals surface area contributed by atoms with E-state index >= 15 is 0 Å². The number of thiophene rings is 1. The van der Waals surface area contributed by atoms with Gasteiger partial charge in [-0.2, -0.15) is 0 Å². The molecule has 4 atom stereocenters. The second-order valence-corrected chi connectivity index (χ2v) is 9.57. The molecule has 2 aliphatic carbocycles. The zero-order chi connectivity index (χ0) is 17.8. The highest BCUT2D eigenvalue weighted by atomic mass is 35.5. The molecule has 25 heavy (non-hydrogen) atoms. The number of aromatic carboxylic acids is 1. The van der Waals surface area contributed by atoms with Crippen molar-refractivity contribution in [3.05, 3.63) is 21.9 Å². The molecule has 0 unspecified atom stereocenters. The summed E-state index contributed by atoms with van der Waals surface area (Å²) in [5.41, 5.74) is 0. The molecule has 1 aromatic rings. The molecule has 5 heteroatoms. The van der Waals surface area contributed by atoms with Crippen molar-refractivity contribution in [1.82, 2.24) is 0 Å². The van der Waals surface area contributed by atoms with Crippen LogP contribution >= 0.6 is 22.9 Å². The highest BCUT2D eigenvalue weighted by Crippen LogP contribution is 2.43. The van der Waals surface area contributed by atoms with Gasteiger partial charge in [-0.25, -0.2) is 4.79 Å². The summed E-state index contributed by atoms with van der Waals surface area (Å²) in [5, 5.41) is 19.5. The van der Waals surface area contributed by atoms with Crippen molar-refractivity contribution >= 4 is 28.9 Å². The fourth-order valence-electron chi connectivity index (χ4n) is 4.80. The van der Waals surface area contributed by atoms with Gasteiger partial charge in [-0.3, -0.25) is 0 Å². The Bertz CT molecular complexity index is 567. The molecule has 0 spiro atoms. The first-order valence-electron chi connectivity index (χ1n) is 9.68. The van der Waals surface area contributed by atoms with E-state index in [0.717, 1.165) is 42.9 Å². The Balaban J connectivity index is 1.48. The summed E-state index contributed by atoms with van der Waals surface area (Å²) in [6, 6.07) is 3.61. The third-order valence-electron chi connectivity index (χ3n) is 6.19. The maximum Gasteiger partial charge on any atom is 0.345 e. The maximum absolute atomic E-state index is 11.0. The smallest absolute Gasteiger partial charge is 0.345 e. The first kappa shape index (κ1) is 19.2. The molecule has 0 saturated heterocycles. The second kappa shape index (κ2) is 8.88. The number of halogens is 1. The van der Waals surface area contributed by atoms with Crippen molar-refractivity contribution in [2.45, 2.75) is 75.7 Å². The largest absolute Gasteiger partial charge is 0.477 e. The van der Waals surface area contributed by atoms with Crippen LogP contribution in [0.2, 0.25) is 0 Å². The van der Waals surface area contributed by atoms with E-state index in [1.165, 1.54) is 43.4 Å². The number of aliphatic hydroxyl groups excluding tert-OH is 1. The molecule has 2 fully saturated rings. The van der Waals surface area contributed by atoms with Gasteiger partial charge in [0, 0.05) is 10.3 Å². The SMILES string of the molecule is O=C(O)c1ccc(CCC[C@@H]2[C@@H](CCC3CCCC3)[C@H](O)C[C@H]2Cl)s1. The van der Waals surface area contributed by atoms with Crippen LogP contribution in [0, 0.1) is 17.8 Å². The molecular formula is C20H29ClO3S.